The van der Waals surface area contributed by atoms with Gasteiger partial charge in [0, 0.05) is 10.7 Å². The van der Waals surface area contributed by atoms with Crippen molar-refractivity contribution in [3.63, 3.8) is 0 Å². The third-order valence-electron chi connectivity index (χ3n) is 1.85. The molecule has 6 heteroatoms. The minimum atomic E-state index is -0.303. The molecule has 5 nitrogen and oxygen atoms in total. The Labute approximate surface area is 90.5 Å². The van der Waals surface area contributed by atoms with Crippen LogP contribution in [0.25, 0.3) is 0 Å². The van der Waals surface area contributed by atoms with E-state index < -0.39 is 0 Å². The number of anilines is 1. The van der Waals surface area contributed by atoms with Gasteiger partial charge in [-0.3, -0.25) is 4.98 Å². The molecule has 0 atom stereocenters. The van der Waals surface area contributed by atoms with Crippen molar-refractivity contribution in [2.45, 2.75) is 6.54 Å². The van der Waals surface area contributed by atoms with Crippen LogP contribution in [0.1, 0.15) is 5.82 Å². The van der Waals surface area contributed by atoms with Gasteiger partial charge in [-0.1, -0.05) is 11.6 Å². The molecule has 0 aliphatic carbocycles. The molecule has 0 saturated carbocycles. The fraction of sp³-hybridized carbons (Fsp3) is 0.111. The minimum Gasteiger partial charge on any atom is -0.378 e. The smallest absolute Gasteiger partial charge is 0.340 e. The molecule has 1 heterocycles. The van der Waals surface area contributed by atoms with Gasteiger partial charge in [-0.15, -0.1) is 0 Å². The molecule has 0 radical (unpaired) electrons. The highest BCUT2D eigenvalue weighted by molar-refractivity contribution is 6.30. The molecule has 0 aliphatic heterocycles. The average Bonchev–Trinajstić information content (AvgIpc) is 2.64. The minimum absolute atomic E-state index is 0.303. The van der Waals surface area contributed by atoms with Crippen LogP contribution in [0.3, 0.4) is 0 Å². The summed E-state index contributed by atoms with van der Waals surface area (Å²) in [5.74, 6) is 0.565. The van der Waals surface area contributed by atoms with Gasteiger partial charge in [0.15, 0.2) is 0 Å². The van der Waals surface area contributed by atoms with Crippen molar-refractivity contribution in [3.05, 3.63) is 45.6 Å². The normalized spacial score (nSPS) is 10.2. The Morgan fingerprint density at radius 2 is 2.07 bits per heavy atom. The van der Waals surface area contributed by atoms with E-state index in [9.17, 15) is 4.79 Å². The summed E-state index contributed by atoms with van der Waals surface area (Å²) in [7, 11) is 0. The predicted octanol–water partition coefficient (Wildman–Crippen LogP) is 1.36. The largest absolute Gasteiger partial charge is 0.378 e. The zero-order valence-electron chi connectivity index (χ0n) is 7.75. The summed E-state index contributed by atoms with van der Waals surface area (Å²) in [5, 5.41) is 9.84. The molecule has 2 rings (SSSR count). The van der Waals surface area contributed by atoms with Crippen LogP contribution in [-0.4, -0.2) is 15.2 Å². The molecule has 0 aliphatic rings. The zero-order valence-corrected chi connectivity index (χ0v) is 8.51. The van der Waals surface area contributed by atoms with Gasteiger partial charge in [-0.2, -0.15) is 5.10 Å². The number of halogens is 1. The first kappa shape index (κ1) is 9.79. The van der Waals surface area contributed by atoms with Gasteiger partial charge < -0.3 is 5.32 Å². The maximum atomic E-state index is 10.7. The second-order valence-corrected chi connectivity index (χ2v) is 3.42. The molecule has 0 fully saturated rings. The second-order valence-electron chi connectivity index (χ2n) is 2.98. The van der Waals surface area contributed by atoms with Gasteiger partial charge in [0.2, 0.25) is 0 Å². The average molecular weight is 225 g/mol. The number of benzene rings is 1. The van der Waals surface area contributed by atoms with Gasteiger partial charge in [0.1, 0.15) is 5.82 Å². The molecule has 0 bridgehead atoms. The Balaban J connectivity index is 1.99. The number of nitrogens with one attached hydrogen (secondary N) is 3. The van der Waals surface area contributed by atoms with Gasteiger partial charge in [0.25, 0.3) is 0 Å². The molecule has 78 valence electrons. The molecule has 0 unspecified atom stereocenters. The van der Waals surface area contributed by atoms with Gasteiger partial charge in [0.05, 0.1) is 6.54 Å². The summed E-state index contributed by atoms with van der Waals surface area (Å²) >= 11 is 5.74. The van der Waals surface area contributed by atoms with Gasteiger partial charge >= 0.3 is 5.69 Å². The van der Waals surface area contributed by atoms with E-state index in [1.165, 1.54) is 0 Å². The van der Waals surface area contributed by atoms with Crippen LogP contribution in [0.5, 0.6) is 0 Å². The van der Waals surface area contributed by atoms with Crippen LogP contribution < -0.4 is 11.0 Å². The number of aromatic amines is 2. The van der Waals surface area contributed by atoms with Crippen molar-refractivity contribution in [3.8, 4) is 0 Å². The van der Waals surface area contributed by atoms with Crippen molar-refractivity contribution >= 4 is 17.3 Å². The van der Waals surface area contributed by atoms with Crippen molar-refractivity contribution in [1.82, 2.24) is 15.2 Å². The monoisotopic (exact) mass is 224 g/mol. The molecule has 15 heavy (non-hydrogen) atoms. The zero-order chi connectivity index (χ0) is 10.7. The van der Waals surface area contributed by atoms with Crippen molar-refractivity contribution in [2.75, 3.05) is 5.32 Å². The molecular formula is C9H9ClN4O. The number of H-pyrrole nitrogens is 2. The number of hydrogen-bond acceptors (Lipinski definition) is 3. The van der Waals surface area contributed by atoms with E-state index >= 15 is 0 Å². The predicted molar refractivity (Wildman–Crippen MR) is 58.0 cm³/mol. The topological polar surface area (TPSA) is 73.6 Å². The van der Waals surface area contributed by atoms with E-state index in [2.05, 4.69) is 20.5 Å². The third-order valence-corrected chi connectivity index (χ3v) is 2.11. The summed E-state index contributed by atoms with van der Waals surface area (Å²) in [6, 6.07) is 7.29. The van der Waals surface area contributed by atoms with E-state index in [0.29, 0.717) is 17.4 Å². The van der Waals surface area contributed by atoms with Crippen LogP contribution in [0.4, 0.5) is 5.69 Å². The van der Waals surface area contributed by atoms with E-state index in [1.807, 2.05) is 12.1 Å². The standard InChI is InChI=1S/C9H9ClN4O/c10-6-1-3-7(4-2-6)11-5-8-12-9(15)14-13-8/h1-4,11H,5H2,(H2,12,13,14,15). The fourth-order valence-electron chi connectivity index (χ4n) is 1.14. The molecular weight excluding hydrogens is 216 g/mol. The van der Waals surface area contributed by atoms with Crippen LogP contribution in [0.2, 0.25) is 5.02 Å². The first-order chi connectivity index (χ1) is 7.24. The second kappa shape index (κ2) is 4.18. The lowest BCUT2D eigenvalue weighted by atomic mass is 10.3. The Morgan fingerprint density at radius 3 is 2.67 bits per heavy atom. The van der Waals surface area contributed by atoms with Crippen LogP contribution in [0, 0.1) is 0 Å². The highest BCUT2D eigenvalue weighted by Gasteiger charge is 1.97. The maximum Gasteiger partial charge on any atom is 0.340 e. The Kier molecular flexibility index (Phi) is 2.73. The number of hydrogen-bond donors (Lipinski definition) is 3. The lowest BCUT2D eigenvalue weighted by Crippen LogP contribution is -2.04. The van der Waals surface area contributed by atoms with E-state index in [-0.39, 0.29) is 5.69 Å². The quantitative estimate of drug-likeness (QED) is 0.737. The maximum absolute atomic E-state index is 10.7. The summed E-state index contributed by atoms with van der Waals surface area (Å²) in [6.07, 6.45) is 0. The third kappa shape index (κ3) is 2.60. The lowest BCUT2D eigenvalue weighted by Gasteiger charge is -2.03. The van der Waals surface area contributed by atoms with E-state index in [4.69, 9.17) is 11.6 Å². The molecule has 1 aromatic heterocycles. The highest BCUT2D eigenvalue weighted by Crippen LogP contribution is 2.13. The molecule has 3 N–H and O–H groups in total. The van der Waals surface area contributed by atoms with Gasteiger partial charge in [-0.05, 0) is 24.3 Å². The SMILES string of the molecule is O=c1[nH]nc(CNc2ccc(Cl)cc2)[nH]1. The molecule has 2 aromatic rings. The first-order valence-electron chi connectivity index (χ1n) is 4.37. The highest BCUT2D eigenvalue weighted by atomic mass is 35.5. The number of rotatable bonds is 3. The molecule has 0 amide bonds. The Bertz CT molecular complexity index is 487. The van der Waals surface area contributed by atoms with Gasteiger partial charge in [-0.25, -0.2) is 9.89 Å². The van der Waals surface area contributed by atoms with Crippen molar-refractivity contribution in [1.29, 1.82) is 0 Å². The van der Waals surface area contributed by atoms with Crippen LogP contribution in [-0.2, 0) is 6.54 Å². The number of nitrogens with zero attached hydrogens (tertiary/aromatic N) is 1. The summed E-state index contributed by atoms with van der Waals surface area (Å²) in [4.78, 5) is 13.3. The van der Waals surface area contributed by atoms with Crippen LogP contribution in [0.15, 0.2) is 29.1 Å². The summed E-state index contributed by atoms with van der Waals surface area (Å²) in [6.45, 7) is 0.459. The Hall–Kier alpha value is -1.75. The first-order valence-corrected chi connectivity index (χ1v) is 4.75. The van der Waals surface area contributed by atoms with E-state index in [1.54, 1.807) is 12.1 Å². The summed E-state index contributed by atoms with van der Waals surface area (Å²) < 4.78 is 0. The van der Waals surface area contributed by atoms with Crippen molar-refractivity contribution < 1.29 is 0 Å². The number of aromatic nitrogens is 3. The molecule has 0 saturated heterocycles. The summed E-state index contributed by atoms with van der Waals surface area (Å²) in [5.41, 5.74) is 0.617. The fourth-order valence-corrected chi connectivity index (χ4v) is 1.27. The van der Waals surface area contributed by atoms with Crippen LogP contribution >= 0.6 is 11.6 Å². The lowest BCUT2D eigenvalue weighted by molar-refractivity contribution is 0.954. The van der Waals surface area contributed by atoms with Crippen molar-refractivity contribution in [2.24, 2.45) is 0 Å². The molecule has 0 spiro atoms. The Morgan fingerprint density at radius 1 is 1.33 bits per heavy atom. The van der Waals surface area contributed by atoms with E-state index in [0.717, 1.165) is 5.69 Å². The molecule has 1 aromatic carbocycles.